The number of rotatable bonds is 6. The Kier molecular flexibility index (Phi) is 5.30. The van der Waals surface area contributed by atoms with E-state index < -0.39 is 11.8 Å². The molecular formula is C15H17FO3. The van der Waals surface area contributed by atoms with E-state index in [1.165, 1.54) is 12.1 Å². The number of benzene rings is 1. The molecule has 0 saturated carbocycles. The van der Waals surface area contributed by atoms with Crippen molar-refractivity contribution in [1.82, 2.24) is 0 Å². The SMILES string of the molecule is C=C(C)COC(=O)c1cc(F)cc(OCC(=C)C)c1. The van der Waals surface area contributed by atoms with Gasteiger partial charge in [-0.1, -0.05) is 13.2 Å². The summed E-state index contributed by atoms with van der Waals surface area (Å²) in [7, 11) is 0. The summed E-state index contributed by atoms with van der Waals surface area (Å²) in [4.78, 5) is 11.7. The molecule has 1 rings (SSSR count). The molecule has 0 aromatic heterocycles. The second kappa shape index (κ2) is 6.73. The van der Waals surface area contributed by atoms with Gasteiger partial charge in [-0.2, -0.15) is 0 Å². The number of hydrogen-bond donors (Lipinski definition) is 0. The van der Waals surface area contributed by atoms with Crippen molar-refractivity contribution < 1.29 is 18.7 Å². The maximum Gasteiger partial charge on any atom is 0.338 e. The van der Waals surface area contributed by atoms with E-state index in [0.29, 0.717) is 5.57 Å². The van der Waals surface area contributed by atoms with Gasteiger partial charge in [-0.3, -0.25) is 0 Å². The molecule has 0 bridgehead atoms. The molecular weight excluding hydrogens is 247 g/mol. The highest BCUT2D eigenvalue weighted by molar-refractivity contribution is 5.90. The van der Waals surface area contributed by atoms with Crippen LogP contribution in [0.4, 0.5) is 4.39 Å². The molecule has 4 heteroatoms. The van der Waals surface area contributed by atoms with E-state index in [9.17, 15) is 9.18 Å². The monoisotopic (exact) mass is 264 g/mol. The van der Waals surface area contributed by atoms with Gasteiger partial charge < -0.3 is 9.47 Å². The van der Waals surface area contributed by atoms with Crippen molar-refractivity contribution in [3.05, 3.63) is 53.9 Å². The Morgan fingerprint density at radius 2 is 1.79 bits per heavy atom. The molecule has 0 aliphatic rings. The predicted molar refractivity (Wildman–Crippen MR) is 71.8 cm³/mol. The van der Waals surface area contributed by atoms with Crippen molar-refractivity contribution in [2.24, 2.45) is 0 Å². The van der Waals surface area contributed by atoms with Crippen molar-refractivity contribution in [2.45, 2.75) is 13.8 Å². The van der Waals surface area contributed by atoms with Crippen molar-refractivity contribution in [3.63, 3.8) is 0 Å². The average molecular weight is 264 g/mol. The highest BCUT2D eigenvalue weighted by Crippen LogP contribution is 2.18. The number of ether oxygens (including phenoxy) is 2. The molecule has 19 heavy (non-hydrogen) atoms. The first-order valence-corrected chi connectivity index (χ1v) is 5.77. The van der Waals surface area contributed by atoms with Gasteiger partial charge in [-0.25, -0.2) is 9.18 Å². The first kappa shape index (κ1) is 15.0. The van der Waals surface area contributed by atoms with Crippen LogP contribution in [0, 0.1) is 5.82 Å². The van der Waals surface area contributed by atoms with Crippen LogP contribution in [-0.4, -0.2) is 19.2 Å². The Hall–Kier alpha value is -2.10. The third kappa shape index (κ3) is 5.38. The van der Waals surface area contributed by atoms with Crippen LogP contribution < -0.4 is 4.74 Å². The molecule has 3 nitrogen and oxygen atoms in total. The molecule has 0 aliphatic heterocycles. The smallest absolute Gasteiger partial charge is 0.338 e. The summed E-state index contributed by atoms with van der Waals surface area (Å²) in [5.41, 5.74) is 1.62. The molecule has 0 heterocycles. The van der Waals surface area contributed by atoms with Gasteiger partial charge in [-0.15, -0.1) is 0 Å². The third-order valence-electron chi connectivity index (χ3n) is 2.04. The fraction of sp³-hybridized carbons (Fsp3) is 0.267. The Morgan fingerprint density at radius 3 is 2.37 bits per heavy atom. The summed E-state index contributed by atoms with van der Waals surface area (Å²) in [6, 6.07) is 3.75. The molecule has 0 fully saturated rings. The summed E-state index contributed by atoms with van der Waals surface area (Å²) < 4.78 is 23.6. The number of carbonyl (C=O) groups is 1. The van der Waals surface area contributed by atoms with E-state index in [-0.39, 0.29) is 24.5 Å². The minimum Gasteiger partial charge on any atom is -0.489 e. The Morgan fingerprint density at radius 1 is 1.16 bits per heavy atom. The lowest BCUT2D eigenvalue weighted by Crippen LogP contribution is -2.08. The van der Waals surface area contributed by atoms with Gasteiger partial charge in [0.25, 0.3) is 0 Å². The summed E-state index contributed by atoms with van der Waals surface area (Å²) in [6.45, 7) is 11.2. The van der Waals surface area contributed by atoms with Crippen molar-refractivity contribution in [2.75, 3.05) is 13.2 Å². The van der Waals surface area contributed by atoms with E-state index in [4.69, 9.17) is 9.47 Å². The van der Waals surface area contributed by atoms with Gasteiger partial charge in [0.2, 0.25) is 0 Å². The second-order valence-corrected chi connectivity index (χ2v) is 4.45. The molecule has 0 aliphatic carbocycles. The van der Waals surface area contributed by atoms with E-state index in [1.807, 2.05) is 0 Å². The third-order valence-corrected chi connectivity index (χ3v) is 2.04. The lowest BCUT2D eigenvalue weighted by atomic mass is 10.2. The number of halogens is 1. The summed E-state index contributed by atoms with van der Waals surface area (Å²) in [6.07, 6.45) is 0. The highest BCUT2D eigenvalue weighted by Gasteiger charge is 2.11. The van der Waals surface area contributed by atoms with Gasteiger partial charge in [-0.05, 0) is 37.1 Å². The van der Waals surface area contributed by atoms with Crippen LogP contribution in [0.1, 0.15) is 24.2 Å². The maximum atomic E-state index is 13.4. The quantitative estimate of drug-likeness (QED) is 0.582. The van der Waals surface area contributed by atoms with Crippen LogP contribution in [0.25, 0.3) is 0 Å². The number of carbonyl (C=O) groups excluding carboxylic acids is 1. The standard InChI is InChI=1S/C15H17FO3/c1-10(2)8-18-14-6-12(5-13(16)7-14)15(17)19-9-11(3)4/h5-7H,1,3,8-9H2,2,4H3. The Bertz CT molecular complexity index is 506. The largest absolute Gasteiger partial charge is 0.489 e. The van der Waals surface area contributed by atoms with Gasteiger partial charge in [0.1, 0.15) is 24.8 Å². The van der Waals surface area contributed by atoms with E-state index in [1.54, 1.807) is 13.8 Å². The van der Waals surface area contributed by atoms with Crippen LogP contribution in [0.15, 0.2) is 42.5 Å². The topological polar surface area (TPSA) is 35.5 Å². The fourth-order valence-corrected chi connectivity index (χ4v) is 1.24. The second-order valence-electron chi connectivity index (χ2n) is 4.45. The summed E-state index contributed by atoms with van der Waals surface area (Å²) >= 11 is 0. The van der Waals surface area contributed by atoms with Crippen molar-refractivity contribution >= 4 is 5.97 Å². The molecule has 0 spiro atoms. The molecule has 1 aromatic carbocycles. The zero-order valence-corrected chi connectivity index (χ0v) is 11.2. The lowest BCUT2D eigenvalue weighted by molar-refractivity contribution is 0.0539. The first-order chi connectivity index (χ1) is 8.88. The fourth-order valence-electron chi connectivity index (χ4n) is 1.24. The zero-order chi connectivity index (χ0) is 14.4. The van der Waals surface area contributed by atoms with E-state index in [0.717, 1.165) is 11.6 Å². The normalized spacial score (nSPS) is 9.84. The minimum absolute atomic E-state index is 0.108. The maximum absolute atomic E-state index is 13.4. The Labute approximate surface area is 112 Å². The van der Waals surface area contributed by atoms with Crippen molar-refractivity contribution in [3.8, 4) is 5.75 Å². The summed E-state index contributed by atoms with van der Waals surface area (Å²) in [5, 5.41) is 0. The Balaban J connectivity index is 2.80. The molecule has 1 aromatic rings. The zero-order valence-electron chi connectivity index (χ0n) is 11.2. The van der Waals surface area contributed by atoms with Gasteiger partial charge in [0.05, 0.1) is 5.56 Å². The minimum atomic E-state index is -0.609. The van der Waals surface area contributed by atoms with Crippen LogP contribution in [0.2, 0.25) is 0 Å². The first-order valence-electron chi connectivity index (χ1n) is 5.77. The van der Waals surface area contributed by atoms with Crippen LogP contribution in [0.5, 0.6) is 5.75 Å². The van der Waals surface area contributed by atoms with Gasteiger partial charge >= 0.3 is 5.97 Å². The van der Waals surface area contributed by atoms with Gasteiger partial charge in [0.15, 0.2) is 0 Å². The highest BCUT2D eigenvalue weighted by atomic mass is 19.1. The predicted octanol–water partition coefficient (Wildman–Crippen LogP) is 3.51. The molecule has 0 amide bonds. The van der Waals surface area contributed by atoms with Crippen molar-refractivity contribution in [1.29, 1.82) is 0 Å². The average Bonchev–Trinajstić information content (AvgIpc) is 2.32. The van der Waals surface area contributed by atoms with E-state index in [2.05, 4.69) is 13.2 Å². The van der Waals surface area contributed by atoms with Crippen LogP contribution >= 0.6 is 0 Å². The van der Waals surface area contributed by atoms with Gasteiger partial charge in [0, 0.05) is 6.07 Å². The molecule has 0 atom stereocenters. The summed E-state index contributed by atoms with van der Waals surface area (Å²) in [5.74, 6) is -0.894. The molecule has 0 radical (unpaired) electrons. The molecule has 0 unspecified atom stereocenters. The molecule has 0 N–H and O–H groups in total. The van der Waals surface area contributed by atoms with Crippen LogP contribution in [0.3, 0.4) is 0 Å². The molecule has 102 valence electrons. The number of hydrogen-bond acceptors (Lipinski definition) is 3. The number of esters is 1. The van der Waals surface area contributed by atoms with E-state index >= 15 is 0 Å². The molecule has 0 saturated heterocycles. The van der Waals surface area contributed by atoms with Crippen LogP contribution in [-0.2, 0) is 4.74 Å². The lowest BCUT2D eigenvalue weighted by Gasteiger charge is -2.09.